The van der Waals surface area contributed by atoms with Gasteiger partial charge in [-0.15, -0.1) is 0 Å². The highest BCUT2D eigenvalue weighted by atomic mass is 16.5. The fraction of sp³-hybridized carbons (Fsp3) is 0.278. The Kier molecular flexibility index (Phi) is 5.98. The molecule has 2 aromatic carbocycles. The molecule has 0 bridgehead atoms. The summed E-state index contributed by atoms with van der Waals surface area (Å²) in [6, 6.07) is 16.4. The van der Waals surface area contributed by atoms with Gasteiger partial charge in [0.05, 0.1) is 12.7 Å². The third-order valence-electron chi connectivity index (χ3n) is 3.32. The van der Waals surface area contributed by atoms with Gasteiger partial charge >= 0.3 is 0 Å². The average Bonchev–Trinajstić information content (AvgIpc) is 2.56. The Balaban J connectivity index is 1.80. The highest BCUT2D eigenvalue weighted by molar-refractivity contribution is 5.94. The number of benzene rings is 2. The number of ether oxygens (including phenoxy) is 1. The van der Waals surface area contributed by atoms with Gasteiger partial charge in [0.25, 0.3) is 5.91 Å². The molecule has 0 spiro atoms. The van der Waals surface area contributed by atoms with E-state index in [0.29, 0.717) is 25.1 Å². The van der Waals surface area contributed by atoms with E-state index in [9.17, 15) is 9.90 Å². The third-order valence-corrected chi connectivity index (χ3v) is 3.32. The van der Waals surface area contributed by atoms with Crippen molar-refractivity contribution in [1.82, 2.24) is 5.32 Å². The highest BCUT2D eigenvalue weighted by Crippen LogP contribution is 2.15. The van der Waals surface area contributed by atoms with E-state index in [2.05, 4.69) is 5.32 Å². The minimum Gasteiger partial charge on any atom is -0.494 e. The summed E-state index contributed by atoms with van der Waals surface area (Å²) in [7, 11) is 0. The molecule has 0 aliphatic rings. The summed E-state index contributed by atoms with van der Waals surface area (Å²) in [5.41, 5.74) is 1.44. The third kappa shape index (κ3) is 4.60. The number of nitrogens with one attached hydrogen (secondary N) is 1. The second-order valence-electron chi connectivity index (χ2n) is 4.93. The fourth-order valence-corrected chi connectivity index (χ4v) is 2.14. The lowest BCUT2D eigenvalue weighted by atomic mass is 10.1. The van der Waals surface area contributed by atoms with E-state index in [-0.39, 0.29) is 5.91 Å². The summed E-state index contributed by atoms with van der Waals surface area (Å²) < 4.78 is 5.34. The molecule has 0 aliphatic heterocycles. The average molecular weight is 299 g/mol. The maximum atomic E-state index is 12.0. The quantitative estimate of drug-likeness (QED) is 0.826. The number of hydrogen-bond acceptors (Lipinski definition) is 3. The van der Waals surface area contributed by atoms with Gasteiger partial charge < -0.3 is 15.2 Å². The predicted molar refractivity (Wildman–Crippen MR) is 86.0 cm³/mol. The molecule has 2 N–H and O–H groups in total. The Labute approximate surface area is 130 Å². The molecule has 0 radical (unpaired) electrons. The number of carbonyl (C=O) groups is 1. The first-order valence-electron chi connectivity index (χ1n) is 7.44. The van der Waals surface area contributed by atoms with E-state index in [1.165, 1.54) is 0 Å². The summed E-state index contributed by atoms with van der Waals surface area (Å²) in [4.78, 5) is 12.0. The first-order valence-corrected chi connectivity index (χ1v) is 7.44. The SMILES string of the molecule is CCOc1ccc(C(=O)NCC[C@@H](O)c2ccccc2)cc1. The molecule has 0 aliphatic carbocycles. The number of aliphatic hydroxyl groups excluding tert-OH is 1. The van der Waals surface area contributed by atoms with Crippen LogP contribution in [0.15, 0.2) is 54.6 Å². The lowest BCUT2D eigenvalue weighted by Crippen LogP contribution is -2.25. The Morgan fingerprint density at radius 3 is 2.45 bits per heavy atom. The number of amides is 1. The van der Waals surface area contributed by atoms with Crippen LogP contribution in [-0.4, -0.2) is 24.2 Å². The molecule has 1 atom stereocenters. The Bertz CT molecular complexity index is 581. The van der Waals surface area contributed by atoms with Crippen molar-refractivity contribution in [3.8, 4) is 5.75 Å². The monoisotopic (exact) mass is 299 g/mol. The van der Waals surface area contributed by atoms with Crippen molar-refractivity contribution in [2.75, 3.05) is 13.2 Å². The largest absolute Gasteiger partial charge is 0.494 e. The van der Waals surface area contributed by atoms with Crippen LogP contribution in [0.5, 0.6) is 5.75 Å². The zero-order valence-electron chi connectivity index (χ0n) is 12.7. The first-order chi connectivity index (χ1) is 10.7. The van der Waals surface area contributed by atoms with E-state index < -0.39 is 6.10 Å². The number of carbonyl (C=O) groups excluding carboxylic acids is 1. The minimum atomic E-state index is -0.568. The number of rotatable bonds is 7. The first kappa shape index (κ1) is 16.0. The van der Waals surface area contributed by atoms with Crippen LogP contribution < -0.4 is 10.1 Å². The second kappa shape index (κ2) is 8.20. The molecule has 1 amide bonds. The van der Waals surface area contributed by atoms with Gasteiger partial charge in [-0.2, -0.15) is 0 Å². The lowest BCUT2D eigenvalue weighted by Gasteiger charge is -2.11. The molecule has 0 heterocycles. The predicted octanol–water partition coefficient (Wildman–Crippen LogP) is 2.94. The van der Waals surface area contributed by atoms with Gasteiger partial charge in [-0.05, 0) is 43.2 Å². The van der Waals surface area contributed by atoms with Crippen LogP contribution in [0, 0.1) is 0 Å². The van der Waals surface area contributed by atoms with Crippen LogP contribution in [0.2, 0.25) is 0 Å². The highest BCUT2D eigenvalue weighted by Gasteiger charge is 2.09. The van der Waals surface area contributed by atoms with Gasteiger partial charge in [-0.25, -0.2) is 0 Å². The van der Waals surface area contributed by atoms with Gasteiger partial charge in [0.2, 0.25) is 0 Å². The molecule has 0 unspecified atom stereocenters. The molecule has 0 fully saturated rings. The molecular formula is C18H21NO3. The van der Waals surface area contributed by atoms with Gasteiger partial charge in [-0.3, -0.25) is 4.79 Å². The van der Waals surface area contributed by atoms with Crippen LogP contribution >= 0.6 is 0 Å². The van der Waals surface area contributed by atoms with Crippen molar-refractivity contribution in [3.05, 3.63) is 65.7 Å². The van der Waals surface area contributed by atoms with E-state index in [0.717, 1.165) is 11.3 Å². The molecular weight excluding hydrogens is 278 g/mol. The standard InChI is InChI=1S/C18H21NO3/c1-2-22-16-10-8-15(9-11-16)18(21)19-13-12-17(20)14-6-4-3-5-7-14/h3-11,17,20H,2,12-13H2,1H3,(H,19,21)/t17-/m1/s1. The summed E-state index contributed by atoms with van der Waals surface area (Å²) in [5.74, 6) is 0.599. The van der Waals surface area contributed by atoms with Gasteiger partial charge in [0.1, 0.15) is 5.75 Å². The maximum absolute atomic E-state index is 12.0. The molecule has 2 rings (SSSR count). The molecule has 0 aromatic heterocycles. The summed E-state index contributed by atoms with van der Waals surface area (Å²) in [5, 5.41) is 12.8. The van der Waals surface area contributed by atoms with Crippen LogP contribution in [0.4, 0.5) is 0 Å². The zero-order chi connectivity index (χ0) is 15.8. The van der Waals surface area contributed by atoms with Gasteiger partial charge in [-0.1, -0.05) is 30.3 Å². The van der Waals surface area contributed by atoms with Crippen molar-refractivity contribution in [3.63, 3.8) is 0 Å². The molecule has 0 saturated heterocycles. The topological polar surface area (TPSA) is 58.6 Å². The molecule has 22 heavy (non-hydrogen) atoms. The zero-order valence-corrected chi connectivity index (χ0v) is 12.7. The fourth-order valence-electron chi connectivity index (χ4n) is 2.14. The van der Waals surface area contributed by atoms with Crippen molar-refractivity contribution in [2.24, 2.45) is 0 Å². The van der Waals surface area contributed by atoms with Crippen LogP contribution in [0.25, 0.3) is 0 Å². The van der Waals surface area contributed by atoms with Crippen molar-refractivity contribution >= 4 is 5.91 Å². The molecule has 4 nitrogen and oxygen atoms in total. The summed E-state index contributed by atoms with van der Waals surface area (Å²) in [6.45, 7) is 2.93. The smallest absolute Gasteiger partial charge is 0.251 e. The molecule has 4 heteroatoms. The summed E-state index contributed by atoms with van der Waals surface area (Å²) in [6.07, 6.45) is -0.0888. The Morgan fingerprint density at radius 2 is 1.82 bits per heavy atom. The van der Waals surface area contributed by atoms with Crippen LogP contribution in [-0.2, 0) is 0 Å². The Morgan fingerprint density at radius 1 is 1.14 bits per heavy atom. The lowest BCUT2D eigenvalue weighted by molar-refractivity contribution is 0.0942. The van der Waals surface area contributed by atoms with Crippen LogP contribution in [0.3, 0.4) is 0 Å². The van der Waals surface area contributed by atoms with E-state index in [1.54, 1.807) is 24.3 Å². The van der Waals surface area contributed by atoms with Crippen molar-refractivity contribution < 1.29 is 14.6 Å². The normalized spacial score (nSPS) is 11.7. The molecule has 0 saturated carbocycles. The minimum absolute atomic E-state index is 0.150. The maximum Gasteiger partial charge on any atom is 0.251 e. The molecule has 116 valence electrons. The van der Waals surface area contributed by atoms with E-state index in [4.69, 9.17) is 4.74 Å². The van der Waals surface area contributed by atoms with Crippen LogP contribution in [0.1, 0.15) is 35.4 Å². The van der Waals surface area contributed by atoms with Crippen molar-refractivity contribution in [1.29, 1.82) is 0 Å². The molecule has 2 aromatic rings. The number of aliphatic hydroxyl groups is 1. The summed E-state index contributed by atoms with van der Waals surface area (Å²) >= 11 is 0. The van der Waals surface area contributed by atoms with Gasteiger partial charge in [0, 0.05) is 12.1 Å². The Hall–Kier alpha value is -2.33. The number of hydrogen-bond donors (Lipinski definition) is 2. The van der Waals surface area contributed by atoms with Crippen molar-refractivity contribution in [2.45, 2.75) is 19.4 Å². The second-order valence-corrected chi connectivity index (χ2v) is 4.93. The van der Waals surface area contributed by atoms with E-state index in [1.807, 2.05) is 37.3 Å². The van der Waals surface area contributed by atoms with E-state index >= 15 is 0 Å². The van der Waals surface area contributed by atoms with Gasteiger partial charge in [0.15, 0.2) is 0 Å².